The van der Waals surface area contributed by atoms with Crippen LogP contribution < -0.4 is 0 Å². The summed E-state index contributed by atoms with van der Waals surface area (Å²) in [6.45, 7) is 6.27. The molecular formula is C18H20BrClS. The lowest BCUT2D eigenvalue weighted by Crippen LogP contribution is -2.07. The lowest BCUT2D eigenvalue weighted by atomic mass is 9.87. The molecule has 0 saturated carbocycles. The maximum Gasteiger partial charge on any atom is 0.0449 e. The van der Waals surface area contributed by atoms with E-state index in [0.717, 1.165) is 16.5 Å². The van der Waals surface area contributed by atoms with Crippen LogP contribution in [-0.2, 0) is 11.5 Å². The van der Waals surface area contributed by atoms with Crippen LogP contribution >= 0.6 is 39.3 Å². The molecule has 3 rings (SSSR count). The first kappa shape index (κ1) is 16.9. The van der Waals surface area contributed by atoms with Gasteiger partial charge in [0.05, 0.1) is 0 Å². The van der Waals surface area contributed by atoms with Crippen molar-refractivity contribution in [2.24, 2.45) is 0 Å². The van der Waals surface area contributed by atoms with Crippen LogP contribution in [0.25, 0.3) is 0 Å². The number of hydrogen-bond acceptors (Lipinski definition) is 1. The lowest BCUT2D eigenvalue weighted by molar-refractivity contribution is 0.888. The van der Waals surface area contributed by atoms with Gasteiger partial charge in [-0.1, -0.05) is 72.6 Å². The second-order valence-electron chi connectivity index (χ2n) is 4.83. The SMILES string of the molecule is CC.CC1c2cccc(Cl)c2CSCc2c(Br)cccc21. The van der Waals surface area contributed by atoms with Crippen LogP contribution in [0.2, 0.25) is 5.02 Å². The molecular weight excluding hydrogens is 364 g/mol. The van der Waals surface area contributed by atoms with Gasteiger partial charge in [0.1, 0.15) is 0 Å². The zero-order valence-corrected chi connectivity index (χ0v) is 15.8. The van der Waals surface area contributed by atoms with E-state index >= 15 is 0 Å². The molecule has 0 spiro atoms. The van der Waals surface area contributed by atoms with Gasteiger partial charge in [-0.05, 0) is 34.4 Å². The quantitative estimate of drug-likeness (QED) is 0.470. The molecule has 3 heteroatoms. The van der Waals surface area contributed by atoms with Crippen molar-refractivity contribution in [3.63, 3.8) is 0 Å². The van der Waals surface area contributed by atoms with E-state index in [9.17, 15) is 0 Å². The number of fused-ring (bicyclic) bond motifs is 2. The van der Waals surface area contributed by atoms with E-state index in [1.807, 2.05) is 31.7 Å². The highest BCUT2D eigenvalue weighted by Gasteiger charge is 2.21. The Hall–Kier alpha value is -0.440. The maximum atomic E-state index is 6.37. The Morgan fingerprint density at radius 3 is 2.29 bits per heavy atom. The summed E-state index contributed by atoms with van der Waals surface area (Å²) in [5.74, 6) is 2.41. The first-order chi connectivity index (χ1) is 10.2. The van der Waals surface area contributed by atoms with Gasteiger partial charge in [-0.2, -0.15) is 11.8 Å². The highest BCUT2D eigenvalue weighted by Crippen LogP contribution is 2.40. The Morgan fingerprint density at radius 2 is 1.57 bits per heavy atom. The largest absolute Gasteiger partial charge is 0.152 e. The van der Waals surface area contributed by atoms with Gasteiger partial charge in [0, 0.05) is 26.9 Å². The summed E-state index contributed by atoms with van der Waals surface area (Å²) in [6, 6.07) is 12.8. The van der Waals surface area contributed by atoms with E-state index in [-0.39, 0.29) is 0 Å². The highest BCUT2D eigenvalue weighted by atomic mass is 79.9. The first-order valence-corrected chi connectivity index (χ1v) is 9.63. The van der Waals surface area contributed by atoms with Gasteiger partial charge in [0.25, 0.3) is 0 Å². The summed E-state index contributed by atoms with van der Waals surface area (Å²) in [4.78, 5) is 0. The van der Waals surface area contributed by atoms with Crippen molar-refractivity contribution in [1.29, 1.82) is 0 Å². The molecule has 0 nitrogen and oxygen atoms in total. The Labute approximate surface area is 145 Å². The minimum absolute atomic E-state index is 0.391. The molecule has 1 unspecified atom stereocenters. The van der Waals surface area contributed by atoms with E-state index in [2.05, 4.69) is 53.2 Å². The zero-order chi connectivity index (χ0) is 15.4. The number of hydrogen-bond donors (Lipinski definition) is 0. The summed E-state index contributed by atoms with van der Waals surface area (Å²) >= 11 is 12.0. The van der Waals surface area contributed by atoms with Gasteiger partial charge in [-0.3, -0.25) is 0 Å². The Kier molecular flexibility index (Phi) is 6.21. The monoisotopic (exact) mass is 382 g/mol. The molecule has 0 bridgehead atoms. The van der Waals surface area contributed by atoms with Crippen molar-refractivity contribution >= 4 is 39.3 Å². The van der Waals surface area contributed by atoms with Crippen molar-refractivity contribution < 1.29 is 0 Å². The van der Waals surface area contributed by atoms with Crippen LogP contribution in [0.4, 0.5) is 0 Å². The summed E-state index contributed by atoms with van der Waals surface area (Å²) in [5.41, 5.74) is 5.49. The van der Waals surface area contributed by atoms with Crippen LogP contribution in [0, 0.1) is 0 Å². The fourth-order valence-electron chi connectivity index (χ4n) is 2.69. The summed E-state index contributed by atoms with van der Waals surface area (Å²) in [6.07, 6.45) is 0. The number of benzene rings is 2. The van der Waals surface area contributed by atoms with Gasteiger partial charge in [0.15, 0.2) is 0 Å². The second-order valence-corrected chi connectivity index (χ2v) is 7.08. The van der Waals surface area contributed by atoms with Crippen molar-refractivity contribution in [2.75, 3.05) is 0 Å². The third kappa shape index (κ3) is 3.49. The van der Waals surface area contributed by atoms with Crippen LogP contribution in [0.1, 0.15) is 48.9 Å². The topological polar surface area (TPSA) is 0 Å². The van der Waals surface area contributed by atoms with E-state index in [1.54, 1.807) is 0 Å². The fraction of sp³-hybridized carbons (Fsp3) is 0.333. The molecule has 0 amide bonds. The standard InChI is InChI=1S/C16H14BrClS.C2H6/c1-10-11-4-2-6-15(17)13(11)8-19-9-14-12(10)5-3-7-16(14)18;1-2/h2-7,10H,8-9H2,1H3;1-2H3. The molecule has 0 fully saturated rings. The van der Waals surface area contributed by atoms with Crippen molar-refractivity contribution in [3.05, 3.63) is 68.1 Å². The van der Waals surface area contributed by atoms with Crippen molar-refractivity contribution in [2.45, 2.75) is 38.2 Å². The third-order valence-corrected chi connectivity index (χ3v) is 5.82. The van der Waals surface area contributed by atoms with Crippen LogP contribution in [0.3, 0.4) is 0 Å². The summed E-state index contributed by atoms with van der Waals surface area (Å²) in [5, 5.41) is 0.898. The predicted molar refractivity (Wildman–Crippen MR) is 99.5 cm³/mol. The number of rotatable bonds is 0. The Morgan fingerprint density at radius 1 is 1.00 bits per heavy atom. The number of thioether (sulfide) groups is 1. The molecule has 21 heavy (non-hydrogen) atoms. The molecule has 2 aromatic carbocycles. The van der Waals surface area contributed by atoms with E-state index in [1.165, 1.54) is 26.7 Å². The average molecular weight is 384 g/mol. The molecule has 0 aliphatic carbocycles. The number of halogens is 2. The molecule has 2 aromatic rings. The zero-order valence-electron chi connectivity index (χ0n) is 12.6. The first-order valence-electron chi connectivity index (χ1n) is 7.31. The third-order valence-electron chi connectivity index (χ3n) is 3.74. The molecule has 1 atom stereocenters. The molecule has 1 aliphatic rings. The van der Waals surface area contributed by atoms with Crippen molar-refractivity contribution in [1.82, 2.24) is 0 Å². The molecule has 112 valence electrons. The van der Waals surface area contributed by atoms with E-state index in [0.29, 0.717) is 5.92 Å². The molecule has 0 N–H and O–H groups in total. The predicted octanol–water partition coefficient (Wildman–Crippen LogP) is 7.03. The minimum Gasteiger partial charge on any atom is -0.152 e. The van der Waals surface area contributed by atoms with E-state index in [4.69, 9.17) is 11.6 Å². The van der Waals surface area contributed by atoms with E-state index < -0.39 is 0 Å². The normalized spacial score (nSPS) is 16.7. The molecule has 0 aromatic heterocycles. The summed E-state index contributed by atoms with van der Waals surface area (Å²) < 4.78 is 1.22. The molecule has 1 heterocycles. The lowest BCUT2D eigenvalue weighted by Gasteiger charge is -2.24. The van der Waals surface area contributed by atoms with Crippen molar-refractivity contribution in [3.8, 4) is 0 Å². The van der Waals surface area contributed by atoms with Gasteiger partial charge in [0.2, 0.25) is 0 Å². The maximum absolute atomic E-state index is 6.37. The van der Waals surface area contributed by atoms with Gasteiger partial charge in [-0.25, -0.2) is 0 Å². The minimum atomic E-state index is 0.391. The molecule has 0 saturated heterocycles. The highest BCUT2D eigenvalue weighted by molar-refractivity contribution is 9.10. The Bertz CT molecular complexity index is 571. The second kappa shape index (κ2) is 7.71. The molecule has 1 aliphatic heterocycles. The van der Waals surface area contributed by atoms with Gasteiger partial charge >= 0.3 is 0 Å². The van der Waals surface area contributed by atoms with Gasteiger partial charge in [-0.15, -0.1) is 0 Å². The van der Waals surface area contributed by atoms with Crippen LogP contribution in [-0.4, -0.2) is 0 Å². The molecule has 0 radical (unpaired) electrons. The Balaban J connectivity index is 0.000000774. The summed E-state index contributed by atoms with van der Waals surface area (Å²) in [7, 11) is 0. The van der Waals surface area contributed by atoms with Crippen LogP contribution in [0.5, 0.6) is 0 Å². The van der Waals surface area contributed by atoms with Crippen LogP contribution in [0.15, 0.2) is 40.9 Å². The van der Waals surface area contributed by atoms with Gasteiger partial charge < -0.3 is 0 Å². The fourth-order valence-corrected chi connectivity index (χ4v) is 4.88. The average Bonchev–Trinajstić information content (AvgIpc) is 2.50. The smallest absolute Gasteiger partial charge is 0.0449 e.